The van der Waals surface area contributed by atoms with Crippen LogP contribution in [0.5, 0.6) is 0 Å². The first kappa shape index (κ1) is 32.4. The lowest BCUT2D eigenvalue weighted by molar-refractivity contribution is 0.319. The van der Waals surface area contributed by atoms with Crippen molar-refractivity contribution in [2.75, 3.05) is 14.2 Å². The normalized spacial score (nSPS) is 12.5. The number of alkyl halides is 1. The van der Waals surface area contributed by atoms with Crippen LogP contribution in [0.4, 0.5) is 4.39 Å². The van der Waals surface area contributed by atoms with E-state index >= 15 is 0 Å². The largest absolute Gasteiger partial charge is 0.298 e. The van der Waals surface area contributed by atoms with Crippen LogP contribution in [0.25, 0.3) is 11.3 Å². The maximum absolute atomic E-state index is 9.50. The lowest BCUT2D eigenvalue weighted by atomic mass is 9.90. The molecule has 1 heterocycles. The van der Waals surface area contributed by atoms with Gasteiger partial charge < -0.3 is 0 Å². The fourth-order valence-electron chi connectivity index (χ4n) is 4.43. The third-order valence-electron chi connectivity index (χ3n) is 5.97. The summed E-state index contributed by atoms with van der Waals surface area (Å²) in [7, 11) is 2.68. The molecule has 0 spiro atoms. The molecular weight excluding hydrogens is 456 g/mol. The number of rotatable bonds is 5. The topological polar surface area (TPSA) is 29.0 Å². The molecule has 3 aromatic rings. The fraction of sp³-hybridized carbons (Fsp3) is 0.515. The molecule has 0 saturated heterocycles. The molecule has 0 N–H and O–H groups in total. The van der Waals surface area contributed by atoms with Crippen molar-refractivity contribution in [2.45, 2.75) is 93.2 Å². The highest BCUT2D eigenvalue weighted by molar-refractivity contribution is 5.65. The number of hydrogen-bond donors (Lipinski definition) is 0. The zero-order valence-corrected chi connectivity index (χ0v) is 24.6. The quantitative estimate of drug-likeness (QED) is 0.346. The summed E-state index contributed by atoms with van der Waals surface area (Å²) in [4.78, 5) is 2.35. The molecule has 4 heteroatoms. The molecule has 4 rings (SSSR count). The predicted octanol–water partition coefficient (Wildman–Crippen LogP) is 9.02. The molecule has 0 aliphatic heterocycles. The van der Waals surface area contributed by atoms with Crippen LogP contribution < -0.4 is 0 Å². The van der Waals surface area contributed by atoms with E-state index in [0.29, 0.717) is 7.18 Å². The molecule has 1 aromatic heterocycles. The van der Waals surface area contributed by atoms with Crippen LogP contribution >= 0.6 is 0 Å². The maximum Gasteiger partial charge on any atom is 0.0964 e. The van der Waals surface area contributed by atoms with Crippen LogP contribution in [0.15, 0.2) is 54.6 Å². The summed E-state index contributed by atoms with van der Waals surface area (Å²) in [6, 6.07) is 19.6. The van der Waals surface area contributed by atoms with Crippen LogP contribution in [-0.2, 0) is 25.9 Å². The molecule has 0 unspecified atom stereocenters. The molecule has 0 atom stereocenters. The summed E-state index contributed by atoms with van der Waals surface area (Å²) in [5.74, 6) is 0.833. The zero-order valence-electron chi connectivity index (χ0n) is 24.6. The van der Waals surface area contributed by atoms with Crippen LogP contribution in [0.1, 0.15) is 88.2 Å². The van der Waals surface area contributed by atoms with E-state index in [-0.39, 0.29) is 0 Å². The minimum atomic E-state index is 0.500. The molecular formula is C33H50FN3. The van der Waals surface area contributed by atoms with E-state index in [0.717, 1.165) is 43.2 Å². The van der Waals surface area contributed by atoms with E-state index in [1.165, 1.54) is 53.5 Å². The molecule has 37 heavy (non-hydrogen) atoms. The molecule has 2 aromatic carbocycles. The molecule has 0 saturated carbocycles. The van der Waals surface area contributed by atoms with E-state index < -0.39 is 0 Å². The fourth-order valence-corrected chi connectivity index (χ4v) is 4.43. The second-order valence-corrected chi connectivity index (χ2v) is 10.1. The number of nitrogens with zero attached hydrogens (tertiary/aromatic N) is 3. The van der Waals surface area contributed by atoms with Crippen LogP contribution in [0.2, 0.25) is 0 Å². The van der Waals surface area contributed by atoms with Gasteiger partial charge in [0.05, 0.1) is 18.6 Å². The second-order valence-electron chi connectivity index (χ2n) is 10.1. The van der Waals surface area contributed by atoms with E-state index in [2.05, 4.69) is 104 Å². The SMILES string of the molecule is CC.CC(C)C.C[18F].Cc1nnc(-c2ccc(CN(C)Cc3ccccc3)cc2)c2c1CCCCCC2. The maximum atomic E-state index is 9.50. The minimum Gasteiger partial charge on any atom is -0.298 e. The molecule has 1 aliphatic rings. The van der Waals surface area contributed by atoms with Crippen LogP contribution in [0, 0.1) is 12.8 Å². The Hall–Kier alpha value is -2.59. The van der Waals surface area contributed by atoms with Crippen LogP contribution in [0.3, 0.4) is 0 Å². The van der Waals surface area contributed by atoms with Crippen molar-refractivity contribution in [1.82, 2.24) is 15.1 Å². The lowest BCUT2D eigenvalue weighted by Crippen LogP contribution is -2.17. The van der Waals surface area contributed by atoms with Gasteiger partial charge in [-0.3, -0.25) is 9.29 Å². The first-order valence-corrected chi connectivity index (χ1v) is 14.0. The van der Waals surface area contributed by atoms with Gasteiger partial charge in [0.1, 0.15) is 0 Å². The third-order valence-corrected chi connectivity index (χ3v) is 5.97. The number of benzene rings is 2. The smallest absolute Gasteiger partial charge is 0.0964 e. The van der Waals surface area contributed by atoms with Crippen LogP contribution in [-0.4, -0.2) is 29.3 Å². The first-order valence-electron chi connectivity index (χ1n) is 14.0. The molecule has 3 nitrogen and oxygen atoms in total. The Morgan fingerprint density at radius 1 is 0.730 bits per heavy atom. The van der Waals surface area contributed by atoms with E-state index in [4.69, 9.17) is 0 Å². The van der Waals surface area contributed by atoms with Gasteiger partial charge in [0, 0.05) is 18.7 Å². The number of halogens is 1. The minimum absolute atomic E-state index is 0.500. The third kappa shape index (κ3) is 11.6. The Bertz CT molecular complexity index is 982. The van der Waals surface area contributed by atoms with Crippen molar-refractivity contribution >= 4 is 0 Å². The lowest BCUT2D eigenvalue weighted by Gasteiger charge is -2.19. The van der Waals surface area contributed by atoms with Crippen molar-refractivity contribution in [3.05, 3.63) is 82.5 Å². The van der Waals surface area contributed by atoms with Crippen molar-refractivity contribution in [3.8, 4) is 11.3 Å². The second kappa shape index (κ2) is 18.6. The Labute approximate surface area is 226 Å². The van der Waals surface area contributed by atoms with Gasteiger partial charge in [0.15, 0.2) is 0 Å². The van der Waals surface area contributed by atoms with Gasteiger partial charge in [-0.2, -0.15) is 5.10 Å². The summed E-state index contributed by atoms with van der Waals surface area (Å²) < 4.78 is 9.50. The number of aromatic nitrogens is 2. The van der Waals surface area contributed by atoms with Gasteiger partial charge >= 0.3 is 0 Å². The molecule has 1 aliphatic carbocycles. The Morgan fingerprint density at radius 3 is 1.76 bits per heavy atom. The van der Waals surface area contributed by atoms with E-state index in [9.17, 15) is 4.39 Å². The summed E-state index contributed by atoms with van der Waals surface area (Å²) >= 11 is 0. The number of hydrogen-bond acceptors (Lipinski definition) is 3. The number of aryl methyl sites for hydroxylation is 1. The molecule has 0 amide bonds. The highest BCUT2D eigenvalue weighted by Crippen LogP contribution is 2.30. The van der Waals surface area contributed by atoms with Gasteiger partial charge in [-0.25, -0.2) is 0 Å². The zero-order chi connectivity index (χ0) is 27.6. The molecule has 0 bridgehead atoms. The highest BCUT2D eigenvalue weighted by atomic mass is 18.2. The standard InChI is InChI=1S/C26H31N3.C4H10.C2H6.CH3F/c1-20-24-12-8-3-4-9-13-25(24)26(28-27-20)23-16-14-22(15-17-23)19-29(2)18-21-10-6-5-7-11-21;1-4(2)3;2*1-2/h5-7,10-11,14-17H,3-4,8-9,12-13,18-19H2,1-2H3;4H,1-3H3;1-2H3;1H3/i;;;2-1. The van der Waals surface area contributed by atoms with Crippen molar-refractivity contribution in [1.29, 1.82) is 0 Å². The van der Waals surface area contributed by atoms with E-state index in [1.807, 2.05) is 13.8 Å². The van der Waals surface area contributed by atoms with Gasteiger partial charge in [0.2, 0.25) is 0 Å². The van der Waals surface area contributed by atoms with Gasteiger partial charge in [-0.15, -0.1) is 5.10 Å². The monoisotopic (exact) mass is 506 g/mol. The first-order chi connectivity index (χ1) is 17.9. The average molecular weight is 507 g/mol. The summed E-state index contributed by atoms with van der Waals surface area (Å²) in [6.45, 7) is 14.5. The predicted molar refractivity (Wildman–Crippen MR) is 159 cm³/mol. The Balaban J connectivity index is 0.000000767. The summed E-state index contributed by atoms with van der Waals surface area (Å²) in [5, 5.41) is 9.12. The van der Waals surface area contributed by atoms with Crippen molar-refractivity contribution < 1.29 is 4.39 Å². The van der Waals surface area contributed by atoms with E-state index in [1.54, 1.807) is 0 Å². The number of fused-ring (bicyclic) bond motifs is 1. The molecule has 0 fully saturated rings. The summed E-state index contributed by atoms with van der Waals surface area (Å²) in [6.07, 6.45) is 7.46. The summed E-state index contributed by atoms with van der Waals surface area (Å²) in [5.41, 5.74) is 8.97. The molecule has 0 radical (unpaired) electrons. The van der Waals surface area contributed by atoms with Crippen molar-refractivity contribution in [3.63, 3.8) is 0 Å². The highest BCUT2D eigenvalue weighted by Gasteiger charge is 2.17. The Kier molecular flexibility index (Phi) is 16.3. The van der Waals surface area contributed by atoms with Gasteiger partial charge in [0.25, 0.3) is 0 Å². The van der Waals surface area contributed by atoms with Gasteiger partial charge in [-0.05, 0) is 67.8 Å². The van der Waals surface area contributed by atoms with Crippen molar-refractivity contribution in [2.24, 2.45) is 5.92 Å². The Morgan fingerprint density at radius 2 is 1.22 bits per heavy atom. The average Bonchev–Trinajstić information content (AvgIpc) is 2.88. The van der Waals surface area contributed by atoms with Gasteiger partial charge in [-0.1, -0.05) is 102 Å². The molecule has 204 valence electrons.